The van der Waals surface area contributed by atoms with Crippen LogP contribution < -0.4 is 15.4 Å². The van der Waals surface area contributed by atoms with E-state index in [1.165, 1.54) is 0 Å². The number of nitrogens with one attached hydrogen (secondary N) is 2. The van der Waals surface area contributed by atoms with Crippen molar-refractivity contribution >= 4 is 17.7 Å². The topological polar surface area (TPSA) is 87.7 Å². The third-order valence-electron chi connectivity index (χ3n) is 5.90. The van der Waals surface area contributed by atoms with E-state index in [-0.39, 0.29) is 23.6 Å². The molecule has 2 aromatic carbocycles. The summed E-state index contributed by atoms with van der Waals surface area (Å²) < 4.78 is 5.22. The van der Waals surface area contributed by atoms with Gasteiger partial charge in [0.05, 0.1) is 7.11 Å². The Balaban J connectivity index is 1.67. The number of rotatable bonds is 8. The van der Waals surface area contributed by atoms with E-state index in [4.69, 9.17) is 4.74 Å². The number of nitrogens with zero attached hydrogens (tertiary/aromatic N) is 1. The fraction of sp³-hybridized carbons (Fsp3) is 0.423. The molecule has 7 heteroatoms. The van der Waals surface area contributed by atoms with Crippen LogP contribution in [0.1, 0.15) is 47.4 Å². The zero-order chi connectivity index (χ0) is 23.8. The predicted molar refractivity (Wildman–Crippen MR) is 127 cm³/mol. The first-order valence-electron chi connectivity index (χ1n) is 11.5. The zero-order valence-corrected chi connectivity index (χ0v) is 19.5. The summed E-state index contributed by atoms with van der Waals surface area (Å²) in [5, 5.41) is 5.91. The Morgan fingerprint density at radius 1 is 1.00 bits per heavy atom. The molecule has 0 unspecified atom stereocenters. The largest absolute Gasteiger partial charge is 0.497 e. The predicted octanol–water partition coefficient (Wildman–Crippen LogP) is 3.12. The molecule has 0 radical (unpaired) electrons. The number of piperidine rings is 1. The van der Waals surface area contributed by atoms with Crippen LogP contribution in [0.25, 0.3) is 0 Å². The summed E-state index contributed by atoms with van der Waals surface area (Å²) in [7, 11) is 1.57. The van der Waals surface area contributed by atoms with Crippen LogP contribution in [-0.2, 0) is 4.79 Å². The fourth-order valence-corrected chi connectivity index (χ4v) is 4.00. The highest BCUT2D eigenvalue weighted by Crippen LogP contribution is 2.24. The number of amides is 3. The molecule has 7 nitrogen and oxygen atoms in total. The maximum absolute atomic E-state index is 13.0. The van der Waals surface area contributed by atoms with E-state index in [2.05, 4.69) is 10.6 Å². The molecule has 176 valence electrons. The minimum absolute atomic E-state index is 0.0542. The monoisotopic (exact) mass is 451 g/mol. The highest BCUT2D eigenvalue weighted by Gasteiger charge is 2.34. The second-order valence-electron chi connectivity index (χ2n) is 8.82. The molecule has 1 heterocycles. The van der Waals surface area contributed by atoms with Crippen molar-refractivity contribution in [2.45, 2.75) is 32.7 Å². The first-order valence-corrected chi connectivity index (χ1v) is 11.5. The number of benzene rings is 2. The van der Waals surface area contributed by atoms with Crippen LogP contribution in [0.15, 0.2) is 54.6 Å². The van der Waals surface area contributed by atoms with Crippen LogP contribution in [0.5, 0.6) is 5.75 Å². The number of likely N-dealkylation sites (tertiary alicyclic amines) is 1. The van der Waals surface area contributed by atoms with Crippen LogP contribution >= 0.6 is 0 Å². The van der Waals surface area contributed by atoms with Crippen molar-refractivity contribution in [1.82, 2.24) is 15.5 Å². The maximum Gasteiger partial charge on any atom is 0.253 e. The van der Waals surface area contributed by atoms with E-state index in [0.29, 0.717) is 55.3 Å². The summed E-state index contributed by atoms with van der Waals surface area (Å²) in [6.45, 7) is 5.65. The lowest BCUT2D eigenvalue weighted by molar-refractivity contribution is -0.124. The van der Waals surface area contributed by atoms with Crippen molar-refractivity contribution in [3.63, 3.8) is 0 Å². The Hall–Kier alpha value is -3.35. The number of methoxy groups -OCH3 is 1. The highest BCUT2D eigenvalue weighted by atomic mass is 16.5. The molecule has 2 N–H and O–H groups in total. The zero-order valence-electron chi connectivity index (χ0n) is 19.5. The first kappa shape index (κ1) is 24.3. The second-order valence-corrected chi connectivity index (χ2v) is 8.82. The molecule has 1 saturated heterocycles. The van der Waals surface area contributed by atoms with E-state index in [0.717, 1.165) is 0 Å². The second kappa shape index (κ2) is 11.5. The lowest BCUT2D eigenvalue weighted by Gasteiger charge is -2.36. The summed E-state index contributed by atoms with van der Waals surface area (Å²) >= 11 is 0. The van der Waals surface area contributed by atoms with Gasteiger partial charge in [-0.1, -0.05) is 38.1 Å². The van der Waals surface area contributed by atoms with Crippen LogP contribution in [0.2, 0.25) is 0 Å². The Kier molecular flexibility index (Phi) is 8.46. The first-order chi connectivity index (χ1) is 15.9. The maximum atomic E-state index is 13.0. The van der Waals surface area contributed by atoms with E-state index in [1.54, 1.807) is 60.5 Å². The SMILES string of the molecule is COc1cccc(C(=O)N2CCC([C@@H](NC(=O)c3ccccc3)C(=O)NCC(C)C)CC2)c1. The van der Waals surface area contributed by atoms with Gasteiger partial charge in [0.1, 0.15) is 11.8 Å². The van der Waals surface area contributed by atoms with Crippen molar-refractivity contribution in [1.29, 1.82) is 0 Å². The number of hydrogen-bond acceptors (Lipinski definition) is 4. The van der Waals surface area contributed by atoms with Gasteiger partial charge in [-0.2, -0.15) is 0 Å². The molecule has 1 atom stereocenters. The summed E-state index contributed by atoms with van der Waals surface area (Å²) in [6.07, 6.45) is 1.26. The van der Waals surface area contributed by atoms with Gasteiger partial charge >= 0.3 is 0 Å². The summed E-state index contributed by atoms with van der Waals surface area (Å²) in [4.78, 5) is 40.5. The number of carbonyl (C=O) groups is 3. The average Bonchev–Trinajstić information content (AvgIpc) is 2.86. The van der Waals surface area contributed by atoms with Crippen molar-refractivity contribution in [3.8, 4) is 5.75 Å². The molecule has 2 aromatic rings. The lowest BCUT2D eigenvalue weighted by atomic mass is 9.88. The van der Waals surface area contributed by atoms with Crippen LogP contribution in [0.4, 0.5) is 0 Å². The molecule has 0 spiro atoms. The van der Waals surface area contributed by atoms with Gasteiger partial charge in [0.25, 0.3) is 11.8 Å². The van der Waals surface area contributed by atoms with Crippen LogP contribution in [0.3, 0.4) is 0 Å². The minimum atomic E-state index is -0.648. The van der Waals surface area contributed by atoms with Crippen molar-refractivity contribution in [2.75, 3.05) is 26.7 Å². The molecule has 0 saturated carbocycles. The summed E-state index contributed by atoms with van der Waals surface area (Å²) in [5.74, 6) is 0.393. The van der Waals surface area contributed by atoms with E-state index in [1.807, 2.05) is 19.9 Å². The normalized spacial score (nSPS) is 15.1. The molecule has 1 aliphatic heterocycles. The summed E-state index contributed by atoms with van der Waals surface area (Å²) in [6, 6.07) is 15.4. The Bertz CT molecular complexity index is 953. The molecule has 1 aliphatic rings. The Morgan fingerprint density at radius 3 is 2.30 bits per heavy atom. The van der Waals surface area contributed by atoms with E-state index < -0.39 is 6.04 Å². The third-order valence-corrected chi connectivity index (χ3v) is 5.90. The van der Waals surface area contributed by atoms with Gasteiger partial charge in [-0.05, 0) is 55.0 Å². The molecule has 3 amide bonds. The van der Waals surface area contributed by atoms with Gasteiger partial charge in [0.15, 0.2) is 0 Å². The molecule has 1 fully saturated rings. The van der Waals surface area contributed by atoms with Crippen molar-refractivity contribution < 1.29 is 19.1 Å². The van der Waals surface area contributed by atoms with Gasteiger partial charge < -0.3 is 20.3 Å². The molecule has 3 rings (SSSR count). The molecular weight excluding hydrogens is 418 g/mol. The smallest absolute Gasteiger partial charge is 0.253 e. The van der Waals surface area contributed by atoms with E-state index in [9.17, 15) is 14.4 Å². The average molecular weight is 452 g/mol. The minimum Gasteiger partial charge on any atom is -0.497 e. The fourth-order valence-electron chi connectivity index (χ4n) is 4.00. The van der Waals surface area contributed by atoms with Crippen molar-refractivity contribution in [2.24, 2.45) is 11.8 Å². The van der Waals surface area contributed by atoms with Gasteiger partial charge in [-0.25, -0.2) is 0 Å². The van der Waals surface area contributed by atoms with Gasteiger partial charge in [-0.3, -0.25) is 14.4 Å². The lowest BCUT2D eigenvalue weighted by Crippen LogP contribution is -2.54. The number of hydrogen-bond donors (Lipinski definition) is 2. The highest BCUT2D eigenvalue weighted by molar-refractivity contribution is 5.97. The quantitative estimate of drug-likeness (QED) is 0.646. The van der Waals surface area contributed by atoms with E-state index >= 15 is 0 Å². The van der Waals surface area contributed by atoms with Gasteiger partial charge in [0, 0.05) is 30.8 Å². The number of ether oxygens (including phenoxy) is 1. The van der Waals surface area contributed by atoms with Crippen LogP contribution in [0, 0.1) is 11.8 Å². The van der Waals surface area contributed by atoms with Crippen LogP contribution in [-0.4, -0.2) is 55.4 Å². The molecular formula is C26H33N3O4. The molecule has 33 heavy (non-hydrogen) atoms. The van der Waals surface area contributed by atoms with Gasteiger partial charge in [0.2, 0.25) is 5.91 Å². The van der Waals surface area contributed by atoms with Crippen molar-refractivity contribution in [3.05, 3.63) is 65.7 Å². The third kappa shape index (κ3) is 6.57. The standard InChI is InChI=1S/C26H33N3O4/c1-18(2)17-27-25(31)23(28-24(30)20-8-5-4-6-9-20)19-12-14-29(15-13-19)26(32)21-10-7-11-22(16-21)33-3/h4-11,16,18-19,23H,12-15,17H2,1-3H3,(H,27,31)(H,28,30)/t23-/m1/s1. The summed E-state index contributed by atoms with van der Waals surface area (Å²) in [5.41, 5.74) is 1.10. The molecule has 0 aromatic heterocycles. The number of carbonyl (C=O) groups excluding carboxylic acids is 3. The molecule has 0 aliphatic carbocycles. The molecule has 0 bridgehead atoms. The Morgan fingerprint density at radius 2 is 1.67 bits per heavy atom. The Labute approximate surface area is 195 Å². The van der Waals surface area contributed by atoms with Gasteiger partial charge in [-0.15, -0.1) is 0 Å².